The number of rotatable bonds is 17. The van der Waals surface area contributed by atoms with Crippen molar-refractivity contribution < 1.29 is 71.3 Å². The van der Waals surface area contributed by atoms with E-state index in [1.54, 1.807) is 135 Å². The topological polar surface area (TPSA) is 170 Å². The zero-order valence-electron chi connectivity index (χ0n) is 41.5. The molecule has 5 aromatic carbocycles. The molecule has 3 aliphatic rings. The third kappa shape index (κ3) is 12.6. The van der Waals surface area contributed by atoms with Crippen LogP contribution in [0.25, 0.3) is 0 Å². The Morgan fingerprint density at radius 3 is 1.50 bits per heavy atom. The lowest BCUT2D eigenvalue weighted by Gasteiger charge is -2.54. The van der Waals surface area contributed by atoms with Crippen LogP contribution in [0, 0.1) is 0 Å². The number of fused-ring (bicyclic) bond motifs is 1. The van der Waals surface area contributed by atoms with Crippen molar-refractivity contribution >= 4 is 32.7 Å². The van der Waals surface area contributed by atoms with Crippen LogP contribution >= 0.6 is 0 Å². The Hall–Kier alpha value is -6.08. The summed E-state index contributed by atoms with van der Waals surface area (Å²) in [5.74, 6) is -4.18. The summed E-state index contributed by atoms with van der Waals surface area (Å²) in [6, 6.07) is 42.7. The zero-order chi connectivity index (χ0) is 51.0. The van der Waals surface area contributed by atoms with Crippen molar-refractivity contribution in [2.45, 2.75) is 126 Å². The van der Waals surface area contributed by atoms with Crippen molar-refractivity contribution in [2.24, 2.45) is 0 Å². The third-order valence-corrected chi connectivity index (χ3v) is 14.6. The van der Waals surface area contributed by atoms with E-state index in [2.05, 4.69) is 0 Å². The minimum atomic E-state index is -2.63. The maximum atomic E-state index is 14.6. The van der Waals surface area contributed by atoms with Crippen molar-refractivity contribution in [3.05, 3.63) is 179 Å². The number of esters is 4. The quantitative estimate of drug-likeness (QED) is 0.0495. The third-order valence-electron chi connectivity index (χ3n) is 12.4. The largest absolute Gasteiger partial charge is 0.459 e. The first kappa shape index (κ1) is 52.2. The highest BCUT2D eigenvalue weighted by Gasteiger charge is 2.67. The molecule has 10 atom stereocenters. The predicted molar refractivity (Wildman–Crippen MR) is 264 cm³/mol. The van der Waals surface area contributed by atoms with Crippen LogP contribution in [0.3, 0.4) is 0 Å². The lowest BCUT2D eigenvalue weighted by atomic mass is 9.95. The highest BCUT2D eigenvalue weighted by atomic mass is 28.3. The van der Waals surface area contributed by atoms with Crippen LogP contribution in [0.2, 0.25) is 13.1 Å². The van der Waals surface area contributed by atoms with Crippen molar-refractivity contribution in [2.75, 3.05) is 13.2 Å². The smallest absolute Gasteiger partial charge is 0.338 e. The molecule has 3 aliphatic heterocycles. The molecule has 0 spiro atoms. The van der Waals surface area contributed by atoms with Gasteiger partial charge in [-0.15, -0.1) is 0 Å². The number of ether oxygens (including phenoxy) is 11. The standard InChI is InChI=1S/C56H62O15Si/c1-54(2,3)63-35-42-44-46(70-55(4,5)69-44)48(67-52(60)40-31-21-12-22-32-40)56(68-42,72(6)7)71-43-41(34-61-49(57)37-25-15-9-16-26-37)64-53(62-33-36-23-13-8-14-24-36)47(66-51(59)39-29-19-11-20-30-39)45(43)65-50(58)38-27-17-10-18-28-38/h8-32,41-48,53,72H,33-35H2,1-7H3/t41-,42-,43-,44+,45+,46+,47-,48-,53-,56+/m1/s1. The van der Waals surface area contributed by atoms with E-state index in [0.717, 1.165) is 5.56 Å². The maximum Gasteiger partial charge on any atom is 0.338 e. The number of hydrogen-bond acceptors (Lipinski definition) is 15. The summed E-state index contributed by atoms with van der Waals surface area (Å²) < 4.78 is 73.4. The van der Waals surface area contributed by atoms with Gasteiger partial charge in [0.15, 0.2) is 35.8 Å². The van der Waals surface area contributed by atoms with E-state index in [-0.39, 0.29) is 35.5 Å². The molecule has 3 fully saturated rings. The Kier molecular flexibility index (Phi) is 16.5. The van der Waals surface area contributed by atoms with Gasteiger partial charge in [0.05, 0.1) is 41.1 Å². The second-order valence-electron chi connectivity index (χ2n) is 19.6. The van der Waals surface area contributed by atoms with Crippen molar-refractivity contribution in [3.63, 3.8) is 0 Å². The van der Waals surface area contributed by atoms with Crippen LogP contribution < -0.4 is 0 Å². The normalized spacial score (nSPS) is 26.8. The average molecular weight is 1000 g/mol. The van der Waals surface area contributed by atoms with Gasteiger partial charge in [-0.25, -0.2) is 19.2 Å². The Morgan fingerprint density at radius 1 is 0.542 bits per heavy atom. The summed E-state index contributed by atoms with van der Waals surface area (Å²) >= 11 is 0. The minimum absolute atomic E-state index is 0.00585. The summed E-state index contributed by atoms with van der Waals surface area (Å²) in [4.78, 5) is 57.2. The molecule has 0 bridgehead atoms. The molecule has 5 aromatic rings. The summed E-state index contributed by atoms with van der Waals surface area (Å²) in [5, 5.41) is 0. The van der Waals surface area contributed by atoms with Crippen LogP contribution in [0.4, 0.5) is 0 Å². The van der Waals surface area contributed by atoms with E-state index in [0.29, 0.717) is 0 Å². The Balaban J connectivity index is 1.30. The predicted octanol–water partition coefficient (Wildman–Crippen LogP) is 8.30. The van der Waals surface area contributed by atoms with Crippen molar-refractivity contribution in [3.8, 4) is 0 Å². The molecule has 72 heavy (non-hydrogen) atoms. The van der Waals surface area contributed by atoms with E-state index in [9.17, 15) is 19.2 Å². The molecule has 0 amide bonds. The molecule has 0 N–H and O–H groups in total. The molecule has 3 saturated heterocycles. The molecule has 0 aromatic heterocycles. The molecule has 8 rings (SSSR count). The fourth-order valence-corrected chi connectivity index (χ4v) is 10.7. The van der Waals surface area contributed by atoms with Crippen LogP contribution in [0.5, 0.6) is 0 Å². The van der Waals surface area contributed by atoms with Crippen molar-refractivity contribution in [1.82, 2.24) is 0 Å². The Morgan fingerprint density at radius 2 is 1.00 bits per heavy atom. The summed E-state index contributed by atoms with van der Waals surface area (Å²) in [5.41, 5.74) is -0.921. The highest BCUT2D eigenvalue weighted by molar-refractivity contribution is 6.59. The number of carbonyl (C=O) groups excluding carboxylic acids is 4. The lowest BCUT2D eigenvalue weighted by molar-refractivity contribution is -0.371. The van der Waals surface area contributed by atoms with Gasteiger partial charge < -0.3 is 52.1 Å². The van der Waals surface area contributed by atoms with Gasteiger partial charge in [0, 0.05) is 0 Å². The maximum absolute atomic E-state index is 14.6. The molecule has 0 unspecified atom stereocenters. The first-order chi connectivity index (χ1) is 34.5. The molecule has 15 nitrogen and oxygen atoms in total. The fraction of sp³-hybridized carbons (Fsp3) is 0.393. The van der Waals surface area contributed by atoms with E-state index in [1.807, 2.05) is 64.2 Å². The van der Waals surface area contributed by atoms with Gasteiger partial charge in [0.2, 0.25) is 0 Å². The molecule has 0 aliphatic carbocycles. The second-order valence-corrected chi connectivity index (χ2v) is 22.7. The van der Waals surface area contributed by atoms with Crippen LogP contribution in [0.1, 0.15) is 81.6 Å². The van der Waals surface area contributed by atoms with E-state index in [1.165, 1.54) is 0 Å². The monoisotopic (exact) mass is 1000 g/mol. The minimum Gasteiger partial charge on any atom is -0.459 e. The molecule has 0 radical (unpaired) electrons. The summed E-state index contributed by atoms with van der Waals surface area (Å²) in [7, 11) is -2.63. The average Bonchev–Trinajstić information content (AvgIpc) is 3.72. The van der Waals surface area contributed by atoms with Crippen molar-refractivity contribution in [1.29, 1.82) is 0 Å². The fourth-order valence-electron chi connectivity index (χ4n) is 8.86. The van der Waals surface area contributed by atoms with Gasteiger partial charge in [0.1, 0.15) is 45.9 Å². The number of carbonyl (C=O) groups is 4. The van der Waals surface area contributed by atoms with Crippen LogP contribution in [-0.2, 0) is 58.7 Å². The molecule has 3 heterocycles. The van der Waals surface area contributed by atoms with Crippen LogP contribution in [0.15, 0.2) is 152 Å². The summed E-state index contributed by atoms with van der Waals surface area (Å²) in [6.07, 6.45) is -11.6. The zero-order valence-corrected chi connectivity index (χ0v) is 42.6. The SMILES string of the molecule is C[SiH](C)[C@]1(O[C@H]2[C@H](OC(=O)c3ccccc3)[C@@H](OC(=O)c3ccccc3)[C@H](OCc3ccccc3)O[C@@H]2COC(=O)c2ccccc2)O[C@H](COC(C)(C)C)[C@@H]2OC(C)(C)O[C@@H]2[C@H]1OC(=O)c1ccccc1. The Bertz CT molecular complexity index is 2580. The first-order valence-electron chi connectivity index (χ1n) is 24.2. The van der Waals surface area contributed by atoms with Gasteiger partial charge in [-0.1, -0.05) is 116 Å². The highest BCUT2D eigenvalue weighted by Crippen LogP contribution is 2.47. The molecule has 0 saturated carbocycles. The van der Waals surface area contributed by atoms with E-state index in [4.69, 9.17) is 52.1 Å². The van der Waals surface area contributed by atoms with Gasteiger partial charge in [-0.2, -0.15) is 0 Å². The first-order valence-corrected chi connectivity index (χ1v) is 27.1. The van der Waals surface area contributed by atoms with E-state index < -0.39 is 111 Å². The number of hydrogen-bond donors (Lipinski definition) is 0. The molecular weight excluding hydrogens is 941 g/mol. The van der Waals surface area contributed by atoms with Gasteiger partial charge >= 0.3 is 23.9 Å². The number of benzene rings is 5. The van der Waals surface area contributed by atoms with Crippen LogP contribution in [-0.4, -0.2) is 118 Å². The molecular formula is C56H62O15Si. The van der Waals surface area contributed by atoms with E-state index >= 15 is 0 Å². The lowest BCUT2D eigenvalue weighted by Crippen LogP contribution is -2.74. The molecule has 16 heteroatoms. The van der Waals surface area contributed by atoms with Gasteiger partial charge in [-0.05, 0) is 88.7 Å². The van der Waals surface area contributed by atoms with Gasteiger partial charge in [0.25, 0.3) is 0 Å². The second kappa shape index (κ2) is 22.8. The summed E-state index contributed by atoms with van der Waals surface area (Å²) in [6.45, 7) is 12.6. The molecule has 380 valence electrons. The van der Waals surface area contributed by atoms with Gasteiger partial charge in [-0.3, -0.25) is 0 Å². The Labute approximate surface area is 421 Å².